The second-order valence-corrected chi connectivity index (χ2v) is 6.19. The second kappa shape index (κ2) is 7.09. The highest BCUT2D eigenvalue weighted by Crippen LogP contribution is 2.36. The van der Waals surface area contributed by atoms with E-state index in [2.05, 4.69) is 9.64 Å². The van der Waals surface area contributed by atoms with Gasteiger partial charge in [0, 0.05) is 25.2 Å². The summed E-state index contributed by atoms with van der Waals surface area (Å²) in [6.45, 7) is 2.58. The van der Waals surface area contributed by atoms with E-state index in [-0.39, 0.29) is 24.3 Å². The molecular weight excluding hydrogens is 339 g/mol. The summed E-state index contributed by atoms with van der Waals surface area (Å²) >= 11 is 0. The number of fused-ring (bicyclic) bond motifs is 1. The SMILES string of the molecule is NC1CCN(CCN2C(=O)COc3ccc(OC(F)(F)F)cc32)CC1. The predicted molar refractivity (Wildman–Crippen MR) is 84.6 cm³/mol. The van der Waals surface area contributed by atoms with E-state index in [1.54, 1.807) is 0 Å². The fourth-order valence-electron chi connectivity index (χ4n) is 3.04. The van der Waals surface area contributed by atoms with Crippen LogP contribution in [0.4, 0.5) is 18.9 Å². The van der Waals surface area contributed by atoms with E-state index in [0.29, 0.717) is 24.5 Å². The molecule has 1 aromatic carbocycles. The van der Waals surface area contributed by atoms with Crippen LogP contribution in [-0.2, 0) is 4.79 Å². The van der Waals surface area contributed by atoms with Gasteiger partial charge in [-0.1, -0.05) is 0 Å². The number of nitrogens with two attached hydrogens (primary N) is 1. The van der Waals surface area contributed by atoms with Crippen LogP contribution < -0.4 is 20.1 Å². The van der Waals surface area contributed by atoms with Crippen LogP contribution >= 0.6 is 0 Å². The van der Waals surface area contributed by atoms with Gasteiger partial charge in [-0.3, -0.25) is 4.79 Å². The third kappa shape index (κ3) is 4.55. The summed E-state index contributed by atoms with van der Waals surface area (Å²) < 4.78 is 46.5. The number of hydrogen-bond donors (Lipinski definition) is 1. The molecule has 2 aliphatic rings. The largest absolute Gasteiger partial charge is 0.573 e. The lowest BCUT2D eigenvalue weighted by Gasteiger charge is -2.34. The lowest BCUT2D eigenvalue weighted by Crippen LogP contribution is -2.46. The van der Waals surface area contributed by atoms with Gasteiger partial charge in [0.2, 0.25) is 0 Å². The van der Waals surface area contributed by atoms with E-state index >= 15 is 0 Å². The summed E-state index contributed by atoms with van der Waals surface area (Å²) in [5.41, 5.74) is 6.17. The Bertz CT molecular complexity index is 631. The minimum Gasteiger partial charge on any atom is -0.482 e. The number of halogens is 3. The van der Waals surface area contributed by atoms with Crippen molar-refractivity contribution >= 4 is 11.6 Å². The maximum Gasteiger partial charge on any atom is 0.573 e. The van der Waals surface area contributed by atoms with Crippen molar-refractivity contribution in [2.45, 2.75) is 25.2 Å². The van der Waals surface area contributed by atoms with Gasteiger partial charge in [-0.15, -0.1) is 13.2 Å². The maximum absolute atomic E-state index is 12.4. The van der Waals surface area contributed by atoms with Gasteiger partial charge in [-0.2, -0.15) is 0 Å². The molecule has 0 saturated carbocycles. The number of nitrogens with zero attached hydrogens (tertiary/aromatic N) is 2. The van der Waals surface area contributed by atoms with Crippen molar-refractivity contribution in [1.29, 1.82) is 0 Å². The quantitative estimate of drug-likeness (QED) is 0.887. The zero-order valence-electron chi connectivity index (χ0n) is 13.6. The predicted octanol–water partition coefficient (Wildman–Crippen LogP) is 1.73. The van der Waals surface area contributed by atoms with E-state index in [1.165, 1.54) is 23.1 Å². The molecule has 0 aromatic heterocycles. The van der Waals surface area contributed by atoms with Crippen LogP contribution in [0.2, 0.25) is 0 Å². The average Bonchev–Trinajstić information content (AvgIpc) is 2.54. The minimum atomic E-state index is -4.79. The van der Waals surface area contributed by atoms with E-state index < -0.39 is 6.36 Å². The molecule has 1 saturated heterocycles. The summed E-state index contributed by atoms with van der Waals surface area (Å²) in [6.07, 6.45) is -2.99. The highest BCUT2D eigenvalue weighted by atomic mass is 19.4. The first kappa shape index (κ1) is 17.8. The van der Waals surface area contributed by atoms with Crippen LogP contribution in [0.1, 0.15) is 12.8 Å². The standard InChI is InChI=1S/C16H20F3N3O3/c17-16(18,19)25-12-1-2-14-13(9-12)22(15(23)10-24-14)8-7-21-5-3-11(20)4-6-21/h1-2,9,11H,3-8,10,20H2. The lowest BCUT2D eigenvalue weighted by atomic mass is 10.1. The van der Waals surface area contributed by atoms with Gasteiger partial charge in [-0.05, 0) is 38.1 Å². The molecule has 2 aliphatic heterocycles. The maximum atomic E-state index is 12.4. The topological polar surface area (TPSA) is 68.0 Å². The molecule has 0 radical (unpaired) electrons. The highest BCUT2D eigenvalue weighted by molar-refractivity contribution is 5.98. The number of amides is 1. The number of hydrogen-bond acceptors (Lipinski definition) is 5. The molecule has 2 heterocycles. The summed E-state index contributed by atoms with van der Waals surface area (Å²) in [4.78, 5) is 15.8. The van der Waals surface area contributed by atoms with Crippen molar-refractivity contribution in [2.24, 2.45) is 5.73 Å². The Balaban J connectivity index is 1.71. The van der Waals surface area contributed by atoms with Crippen molar-refractivity contribution in [3.05, 3.63) is 18.2 Å². The molecule has 0 aliphatic carbocycles. The summed E-state index contributed by atoms with van der Waals surface area (Å²) in [6, 6.07) is 3.96. The van der Waals surface area contributed by atoms with Gasteiger partial charge in [0.1, 0.15) is 11.5 Å². The van der Waals surface area contributed by atoms with Crippen LogP contribution in [0.3, 0.4) is 0 Å². The first-order valence-electron chi connectivity index (χ1n) is 8.13. The van der Waals surface area contributed by atoms with Crippen molar-refractivity contribution in [1.82, 2.24) is 4.90 Å². The number of piperidine rings is 1. The highest BCUT2D eigenvalue weighted by Gasteiger charge is 2.33. The van der Waals surface area contributed by atoms with Gasteiger partial charge < -0.3 is 25.0 Å². The lowest BCUT2D eigenvalue weighted by molar-refractivity contribution is -0.274. The zero-order valence-corrected chi connectivity index (χ0v) is 13.6. The monoisotopic (exact) mass is 359 g/mol. The summed E-state index contributed by atoms with van der Waals surface area (Å²) in [5, 5.41) is 0. The van der Waals surface area contributed by atoms with Gasteiger partial charge in [0.15, 0.2) is 6.61 Å². The Morgan fingerprint density at radius 2 is 1.96 bits per heavy atom. The van der Waals surface area contributed by atoms with Crippen molar-refractivity contribution in [2.75, 3.05) is 37.7 Å². The molecular formula is C16H20F3N3O3. The third-order valence-corrected chi connectivity index (χ3v) is 4.38. The fourth-order valence-corrected chi connectivity index (χ4v) is 3.04. The fraction of sp³-hybridized carbons (Fsp3) is 0.562. The second-order valence-electron chi connectivity index (χ2n) is 6.19. The molecule has 25 heavy (non-hydrogen) atoms. The van der Waals surface area contributed by atoms with Gasteiger partial charge in [-0.25, -0.2) is 0 Å². The average molecular weight is 359 g/mol. The molecule has 0 atom stereocenters. The number of likely N-dealkylation sites (tertiary alicyclic amines) is 1. The number of ether oxygens (including phenoxy) is 2. The number of rotatable bonds is 4. The summed E-state index contributed by atoms with van der Waals surface area (Å²) in [7, 11) is 0. The van der Waals surface area contributed by atoms with E-state index in [1.807, 2.05) is 0 Å². The Labute approximate surface area is 143 Å². The van der Waals surface area contributed by atoms with Crippen LogP contribution in [0.15, 0.2) is 18.2 Å². The minimum absolute atomic E-state index is 0.128. The smallest absolute Gasteiger partial charge is 0.482 e. The van der Waals surface area contributed by atoms with Crippen LogP contribution in [0.5, 0.6) is 11.5 Å². The Morgan fingerprint density at radius 3 is 2.64 bits per heavy atom. The number of carbonyl (C=O) groups is 1. The number of anilines is 1. The molecule has 1 fully saturated rings. The first-order valence-corrected chi connectivity index (χ1v) is 8.13. The van der Waals surface area contributed by atoms with E-state index in [0.717, 1.165) is 25.9 Å². The van der Waals surface area contributed by atoms with Crippen LogP contribution in [0.25, 0.3) is 0 Å². The molecule has 1 aromatic rings. The van der Waals surface area contributed by atoms with Gasteiger partial charge in [0.05, 0.1) is 5.69 Å². The zero-order chi connectivity index (χ0) is 18.0. The van der Waals surface area contributed by atoms with E-state index in [9.17, 15) is 18.0 Å². The molecule has 2 N–H and O–H groups in total. The molecule has 0 spiro atoms. The van der Waals surface area contributed by atoms with Crippen molar-refractivity contribution in [3.8, 4) is 11.5 Å². The molecule has 6 nitrogen and oxygen atoms in total. The summed E-state index contributed by atoms with van der Waals surface area (Å²) in [5.74, 6) is -0.293. The molecule has 1 amide bonds. The van der Waals surface area contributed by atoms with Crippen LogP contribution in [-0.4, -0.2) is 56.0 Å². The first-order chi connectivity index (χ1) is 11.8. The molecule has 9 heteroatoms. The number of alkyl halides is 3. The van der Waals surface area contributed by atoms with Crippen LogP contribution in [0, 0.1) is 0 Å². The normalized spacial score (nSPS) is 19.5. The molecule has 0 unspecified atom stereocenters. The molecule has 3 rings (SSSR count). The Kier molecular flexibility index (Phi) is 5.05. The van der Waals surface area contributed by atoms with Gasteiger partial charge >= 0.3 is 6.36 Å². The molecule has 0 bridgehead atoms. The van der Waals surface area contributed by atoms with Crippen molar-refractivity contribution < 1.29 is 27.4 Å². The van der Waals surface area contributed by atoms with E-state index in [4.69, 9.17) is 10.5 Å². The Morgan fingerprint density at radius 1 is 1.24 bits per heavy atom. The van der Waals surface area contributed by atoms with Crippen molar-refractivity contribution in [3.63, 3.8) is 0 Å². The van der Waals surface area contributed by atoms with Gasteiger partial charge in [0.25, 0.3) is 5.91 Å². The molecule has 138 valence electrons. The number of carbonyl (C=O) groups excluding carboxylic acids is 1. The third-order valence-electron chi connectivity index (χ3n) is 4.38. The Hall–Kier alpha value is -2.00. The number of benzene rings is 1.